The Morgan fingerprint density at radius 3 is 2.28 bits per heavy atom. The lowest BCUT2D eigenvalue weighted by molar-refractivity contribution is 0.0434. The number of fused-ring (bicyclic) bond motifs is 1. The van der Waals surface area contributed by atoms with Crippen molar-refractivity contribution in [2.45, 2.75) is 57.1 Å². The number of carbonyl (C=O) groups excluding carboxylic acids is 1. The molecule has 2 unspecified atom stereocenters. The zero-order valence-corrected chi connectivity index (χ0v) is 29.5. The monoisotopic (exact) mass is 657 g/mol. The second kappa shape index (κ2) is 16.3. The van der Waals surface area contributed by atoms with E-state index in [1.54, 1.807) is 12.3 Å². The molecule has 0 aliphatic carbocycles. The van der Waals surface area contributed by atoms with Gasteiger partial charge < -0.3 is 20.3 Å². The lowest BCUT2D eigenvalue weighted by Gasteiger charge is -2.40. The molecule has 1 aliphatic rings. The minimum atomic E-state index is -0.641. The van der Waals surface area contributed by atoms with E-state index in [9.17, 15) is 9.90 Å². The summed E-state index contributed by atoms with van der Waals surface area (Å²) in [5, 5.41) is 10.8. The Balaban J connectivity index is 0.000000555. The second-order valence-corrected chi connectivity index (χ2v) is 18.7. The van der Waals surface area contributed by atoms with Crippen LogP contribution in [-0.4, -0.2) is 76.3 Å². The lowest BCUT2D eigenvalue weighted by Crippen LogP contribution is -2.42. The van der Waals surface area contributed by atoms with Gasteiger partial charge in [-0.05, 0) is 95.0 Å². The molecule has 0 saturated carbocycles. The number of primary amides is 1. The van der Waals surface area contributed by atoms with E-state index in [1.807, 2.05) is 66.7 Å². The van der Waals surface area contributed by atoms with Crippen LogP contribution in [0.1, 0.15) is 48.8 Å². The number of rotatable bonds is 11. The van der Waals surface area contributed by atoms with Crippen molar-refractivity contribution in [2.75, 3.05) is 38.5 Å². The Morgan fingerprint density at radius 2 is 1.64 bits per heavy atom. The Morgan fingerprint density at radius 1 is 1.00 bits per heavy atom. The predicted molar refractivity (Wildman–Crippen MR) is 196 cm³/mol. The zero-order valence-electron chi connectivity index (χ0n) is 28.7. The molecule has 0 fully saturated rings. The van der Waals surface area contributed by atoms with E-state index in [-0.39, 0.29) is 28.4 Å². The summed E-state index contributed by atoms with van der Waals surface area (Å²) in [6.07, 6.45) is 9.76. The van der Waals surface area contributed by atoms with Gasteiger partial charge >= 0.3 is 0 Å². The first-order valence-electron chi connectivity index (χ1n) is 16.1. The molecule has 252 valence electrons. The SMILES string of the molecule is CC(C)(C)S(C)(C)C.NC(=O)c1cc(-c2ccc3c(c2)CCC(CN(Cc2ccccc2)CC(O)COc2ccccc2)O3)ccn1. The highest BCUT2D eigenvalue weighted by atomic mass is 32.3. The number of aryl methyl sites for hydroxylation is 1. The summed E-state index contributed by atoms with van der Waals surface area (Å²) in [7, 11) is -0.340. The topological polar surface area (TPSA) is 97.9 Å². The molecule has 1 amide bonds. The van der Waals surface area contributed by atoms with Gasteiger partial charge in [-0.2, -0.15) is 0 Å². The van der Waals surface area contributed by atoms with E-state index in [4.69, 9.17) is 15.2 Å². The molecule has 0 radical (unpaired) electrons. The molecule has 3 N–H and O–H groups in total. The van der Waals surface area contributed by atoms with Gasteiger partial charge in [0.05, 0.1) is 0 Å². The molecular formula is C39H51N3O4S. The van der Waals surface area contributed by atoms with Crippen molar-refractivity contribution in [3.05, 3.63) is 114 Å². The summed E-state index contributed by atoms with van der Waals surface area (Å²) >= 11 is 0. The molecule has 1 aromatic heterocycles. The van der Waals surface area contributed by atoms with E-state index in [1.165, 1.54) is 5.56 Å². The number of carbonyl (C=O) groups is 1. The molecule has 8 heteroatoms. The van der Waals surface area contributed by atoms with E-state index >= 15 is 0 Å². The first kappa shape index (κ1) is 36.0. The Labute approximate surface area is 282 Å². The summed E-state index contributed by atoms with van der Waals surface area (Å²) in [4.78, 5) is 17.8. The highest BCUT2D eigenvalue weighted by molar-refractivity contribution is 8.33. The maximum absolute atomic E-state index is 11.5. The summed E-state index contributed by atoms with van der Waals surface area (Å²) < 4.78 is 12.7. The van der Waals surface area contributed by atoms with Crippen molar-refractivity contribution >= 4 is 15.9 Å². The Bertz CT molecular complexity index is 1560. The highest BCUT2D eigenvalue weighted by Gasteiger charge is 2.25. The van der Waals surface area contributed by atoms with Crippen molar-refractivity contribution in [3.8, 4) is 22.6 Å². The standard InChI is InChI=1S/C32H33N3O4.C7H18S/c33-32(37)30-18-25(15-16-34-30)24-12-14-31-26(17-24)11-13-29(39-31)21-35(19-23-7-3-1-4-8-23)20-27(36)22-38-28-9-5-2-6-10-28;1-7(2,3)8(4,5)6/h1-10,12,14-18,27,29,36H,11,13,19-22H2,(H2,33,37);1-6H3. The average molecular weight is 658 g/mol. The van der Waals surface area contributed by atoms with Crippen LogP contribution in [0.5, 0.6) is 11.5 Å². The van der Waals surface area contributed by atoms with Crippen molar-refractivity contribution in [3.63, 3.8) is 0 Å². The van der Waals surface area contributed by atoms with Gasteiger partial charge in [-0.15, -0.1) is 0 Å². The minimum absolute atomic E-state index is 0.00306. The number of hydrogen-bond donors (Lipinski definition) is 2. The number of nitrogens with two attached hydrogens (primary N) is 1. The number of amides is 1. The maximum Gasteiger partial charge on any atom is 0.267 e. The van der Waals surface area contributed by atoms with Crippen LogP contribution in [0.3, 0.4) is 0 Å². The van der Waals surface area contributed by atoms with Gasteiger partial charge in [0.2, 0.25) is 0 Å². The molecule has 2 heterocycles. The third-order valence-corrected chi connectivity index (χ3v) is 12.3. The molecule has 5 rings (SSSR count). The predicted octanol–water partition coefficient (Wildman–Crippen LogP) is 6.96. The summed E-state index contributed by atoms with van der Waals surface area (Å²) in [5.74, 6) is 1.07. The number of aliphatic hydroxyl groups excluding tert-OH is 1. The molecule has 0 bridgehead atoms. The van der Waals surface area contributed by atoms with E-state index in [2.05, 4.69) is 67.6 Å². The number of aromatic nitrogens is 1. The molecule has 47 heavy (non-hydrogen) atoms. The third-order valence-electron chi connectivity index (χ3n) is 8.64. The van der Waals surface area contributed by atoms with Crippen LogP contribution < -0.4 is 15.2 Å². The van der Waals surface area contributed by atoms with Crippen LogP contribution in [0.2, 0.25) is 0 Å². The van der Waals surface area contributed by atoms with Gasteiger partial charge in [-0.25, -0.2) is 10.0 Å². The van der Waals surface area contributed by atoms with Crippen LogP contribution in [0.25, 0.3) is 11.1 Å². The summed E-state index contributed by atoms with van der Waals surface area (Å²) in [6.45, 7) is 9.01. The fourth-order valence-electron chi connectivity index (χ4n) is 4.89. The van der Waals surface area contributed by atoms with E-state index in [0.717, 1.165) is 41.0 Å². The summed E-state index contributed by atoms with van der Waals surface area (Å²) in [5.41, 5.74) is 9.85. The summed E-state index contributed by atoms with van der Waals surface area (Å²) in [6, 6.07) is 29.5. The zero-order chi connectivity index (χ0) is 34.0. The smallest absolute Gasteiger partial charge is 0.267 e. The Hall–Kier alpha value is -3.85. The number of aliphatic hydroxyl groups is 1. The van der Waals surface area contributed by atoms with Crippen LogP contribution in [0.15, 0.2) is 97.2 Å². The first-order chi connectivity index (χ1) is 22.3. The molecule has 3 aromatic carbocycles. The quantitative estimate of drug-likeness (QED) is 0.181. The molecule has 0 saturated heterocycles. The van der Waals surface area contributed by atoms with Crippen LogP contribution in [-0.2, 0) is 13.0 Å². The number of ether oxygens (including phenoxy) is 2. The fraction of sp³-hybridized carbons (Fsp3) is 0.385. The number of benzene rings is 3. The van der Waals surface area contributed by atoms with Gasteiger partial charge in [0.15, 0.2) is 0 Å². The molecule has 1 aliphatic heterocycles. The lowest BCUT2D eigenvalue weighted by atomic mass is 9.96. The van der Waals surface area contributed by atoms with E-state index in [0.29, 0.717) is 24.4 Å². The fourth-order valence-corrected chi connectivity index (χ4v) is 4.89. The number of para-hydroxylation sites is 1. The maximum atomic E-state index is 11.5. The number of pyridine rings is 1. The van der Waals surface area contributed by atoms with Crippen molar-refractivity contribution in [1.29, 1.82) is 0 Å². The van der Waals surface area contributed by atoms with Gasteiger partial charge in [0, 0.05) is 25.8 Å². The van der Waals surface area contributed by atoms with Crippen molar-refractivity contribution in [2.24, 2.45) is 5.73 Å². The molecule has 4 aromatic rings. The number of hydrogen-bond acceptors (Lipinski definition) is 6. The van der Waals surface area contributed by atoms with E-state index < -0.39 is 12.0 Å². The largest absolute Gasteiger partial charge is 0.491 e. The van der Waals surface area contributed by atoms with Gasteiger partial charge in [-0.3, -0.25) is 14.7 Å². The van der Waals surface area contributed by atoms with Gasteiger partial charge in [0.1, 0.15) is 36.0 Å². The van der Waals surface area contributed by atoms with Crippen LogP contribution in [0.4, 0.5) is 0 Å². The molecule has 2 atom stereocenters. The first-order valence-corrected chi connectivity index (χ1v) is 19.0. The van der Waals surface area contributed by atoms with Crippen LogP contribution in [0, 0.1) is 0 Å². The third kappa shape index (κ3) is 11.1. The van der Waals surface area contributed by atoms with Gasteiger partial charge in [0.25, 0.3) is 5.91 Å². The Kier molecular flexibility index (Phi) is 12.5. The van der Waals surface area contributed by atoms with Crippen molar-refractivity contribution in [1.82, 2.24) is 9.88 Å². The molecule has 0 spiro atoms. The van der Waals surface area contributed by atoms with Crippen LogP contribution >= 0.6 is 10.0 Å². The molecule has 7 nitrogen and oxygen atoms in total. The average Bonchev–Trinajstić information content (AvgIpc) is 3.04. The molecular weight excluding hydrogens is 607 g/mol. The second-order valence-electron chi connectivity index (χ2n) is 13.8. The van der Waals surface area contributed by atoms with Gasteiger partial charge in [-0.1, -0.05) is 75.4 Å². The number of nitrogens with zero attached hydrogens (tertiary/aromatic N) is 2. The normalized spacial score (nSPS) is 15.4. The minimum Gasteiger partial charge on any atom is -0.491 e. The highest BCUT2D eigenvalue weighted by Crippen LogP contribution is 2.48. The van der Waals surface area contributed by atoms with Crippen molar-refractivity contribution < 1.29 is 19.4 Å².